The van der Waals surface area contributed by atoms with E-state index in [1.807, 2.05) is 6.07 Å². The number of nitrogens with zero attached hydrogens (tertiary/aromatic N) is 3. The topological polar surface area (TPSA) is 143 Å². The number of carbonyl (C=O) groups is 2. The number of aromatic nitrogens is 2. The van der Waals surface area contributed by atoms with E-state index in [2.05, 4.69) is 25.5 Å². The second-order valence-electron chi connectivity index (χ2n) is 7.02. The van der Waals surface area contributed by atoms with Crippen molar-refractivity contribution in [3.8, 4) is 5.75 Å². The first-order chi connectivity index (χ1) is 14.5. The van der Waals surface area contributed by atoms with Gasteiger partial charge in [-0.1, -0.05) is 0 Å². The zero-order valence-corrected chi connectivity index (χ0v) is 16.7. The van der Waals surface area contributed by atoms with Gasteiger partial charge in [-0.25, -0.2) is 9.97 Å². The Morgan fingerprint density at radius 2 is 2.00 bits per heavy atom. The van der Waals surface area contributed by atoms with Gasteiger partial charge in [0.25, 0.3) is 5.91 Å². The molecule has 1 fully saturated rings. The third-order valence-electron chi connectivity index (χ3n) is 4.98. The minimum absolute atomic E-state index is 0.149. The van der Waals surface area contributed by atoms with Crippen LogP contribution in [0.5, 0.6) is 5.75 Å². The summed E-state index contributed by atoms with van der Waals surface area (Å²) in [5.41, 5.74) is 6.71. The number of piperidine rings is 1. The van der Waals surface area contributed by atoms with Crippen LogP contribution < -0.4 is 26.0 Å². The number of rotatable bonds is 8. The number of carboxylic acid groups (broad SMARTS) is 1. The van der Waals surface area contributed by atoms with Crippen molar-refractivity contribution in [2.45, 2.75) is 24.9 Å². The van der Waals surface area contributed by atoms with Crippen molar-refractivity contribution in [1.82, 2.24) is 15.3 Å². The molecule has 3 rings (SSSR count). The second kappa shape index (κ2) is 9.88. The number of amides is 1. The van der Waals surface area contributed by atoms with E-state index >= 15 is 0 Å². The molecule has 0 bridgehead atoms. The first-order valence-electron chi connectivity index (χ1n) is 9.71. The van der Waals surface area contributed by atoms with Crippen molar-refractivity contribution in [1.29, 1.82) is 0 Å². The van der Waals surface area contributed by atoms with Crippen LogP contribution in [0, 0.1) is 0 Å². The number of ether oxygens (including phenoxy) is 1. The van der Waals surface area contributed by atoms with Crippen LogP contribution in [0.25, 0.3) is 0 Å². The molecule has 1 aromatic carbocycles. The molecule has 1 aliphatic rings. The molecule has 1 saturated heterocycles. The molecule has 0 spiro atoms. The Hall–Kier alpha value is -3.40. The molecule has 2 aromatic rings. The van der Waals surface area contributed by atoms with Crippen molar-refractivity contribution in [2.75, 3.05) is 37.0 Å². The Morgan fingerprint density at radius 3 is 2.63 bits per heavy atom. The summed E-state index contributed by atoms with van der Waals surface area (Å²) >= 11 is 0. The summed E-state index contributed by atoms with van der Waals surface area (Å²) < 4.78 is 5.50. The molecule has 1 atom stereocenters. The quantitative estimate of drug-likeness (QED) is 0.491. The van der Waals surface area contributed by atoms with Gasteiger partial charge in [0.15, 0.2) is 0 Å². The number of carbonyl (C=O) groups excluding carboxylic acids is 1. The fourth-order valence-corrected chi connectivity index (χ4v) is 3.29. The lowest BCUT2D eigenvalue weighted by Gasteiger charge is -2.34. The zero-order chi connectivity index (χ0) is 21.5. The largest absolute Gasteiger partial charge is 0.495 e. The normalized spacial score (nSPS) is 15.3. The Balaban J connectivity index is 1.60. The van der Waals surface area contributed by atoms with Gasteiger partial charge in [-0.05, 0) is 37.1 Å². The summed E-state index contributed by atoms with van der Waals surface area (Å²) in [5.74, 6) is -0.350. The number of nitrogens with two attached hydrogens (primary N) is 1. The molecule has 0 radical (unpaired) electrons. The van der Waals surface area contributed by atoms with Crippen molar-refractivity contribution in [3.63, 3.8) is 0 Å². The van der Waals surface area contributed by atoms with E-state index in [0.29, 0.717) is 17.3 Å². The van der Waals surface area contributed by atoms with Gasteiger partial charge in [-0.15, -0.1) is 0 Å². The molecule has 0 saturated carbocycles. The Kier molecular flexibility index (Phi) is 7.02. The summed E-state index contributed by atoms with van der Waals surface area (Å²) in [6.45, 7) is 1.49. The predicted molar refractivity (Wildman–Crippen MR) is 112 cm³/mol. The van der Waals surface area contributed by atoms with E-state index in [-0.39, 0.29) is 12.6 Å². The Labute approximate surface area is 174 Å². The third-order valence-corrected chi connectivity index (χ3v) is 4.98. The number of hydrogen-bond donors (Lipinski definition) is 4. The SMILES string of the molecule is COc1cc(C(=O)NC[C@H](N)C(=O)O)ccc1N1CCC(Nc2ncccn2)CC1. The molecule has 2 heterocycles. The maximum Gasteiger partial charge on any atom is 0.322 e. The van der Waals surface area contributed by atoms with Crippen LogP contribution in [0.1, 0.15) is 23.2 Å². The second-order valence-corrected chi connectivity index (χ2v) is 7.02. The molecular weight excluding hydrogens is 388 g/mol. The number of nitrogens with one attached hydrogen (secondary N) is 2. The van der Waals surface area contributed by atoms with E-state index in [4.69, 9.17) is 15.6 Å². The van der Waals surface area contributed by atoms with E-state index < -0.39 is 17.9 Å². The van der Waals surface area contributed by atoms with Crippen LogP contribution in [0.3, 0.4) is 0 Å². The van der Waals surface area contributed by atoms with Crippen LogP contribution in [0.15, 0.2) is 36.7 Å². The van der Waals surface area contributed by atoms with Gasteiger partial charge in [0.2, 0.25) is 5.95 Å². The molecule has 1 aromatic heterocycles. The Bertz CT molecular complexity index is 871. The smallest absolute Gasteiger partial charge is 0.322 e. The molecule has 5 N–H and O–H groups in total. The number of carboxylic acids is 1. The van der Waals surface area contributed by atoms with Gasteiger partial charge >= 0.3 is 5.97 Å². The van der Waals surface area contributed by atoms with E-state index in [9.17, 15) is 9.59 Å². The van der Waals surface area contributed by atoms with Gasteiger partial charge in [0.05, 0.1) is 12.8 Å². The maximum atomic E-state index is 12.3. The summed E-state index contributed by atoms with van der Waals surface area (Å²) in [5, 5.41) is 14.7. The molecule has 1 amide bonds. The molecule has 0 aliphatic carbocycles. The minimum atomic E-state index is -1.17. The fourth-order valence-electron chi connectivity index (χ4n) is 3.29. The third kappa shape index (κ3) is 5.35. The van der Waals surface area contributed by atoms with Crippen LogP contribution >= 0.6 is 0 Å². The molecule has 0 unspecified atom stereocenters. The molecule has 10 heteroatoms. The lowest BCUT2D eigenvalue weighted by molar-refractivity contribution is -0.138. The van der Waals surface area contributed by atoms with Gasteiger partial charge < -0.3 is 31.1 Å². The molecule has 160 valence electrons. The zero-order valence-electron chi connectivity index (χ0n) is 16.7. The standard InChI is InChI=1S/C20H26N6O4/c1-30-17-11-13(18(27)24-12-15(21)19(28)29)3-4-16(17)26-9-5-14(6-10-26)25-20-22-7-2-8-23-20/h2-4,7-8,11,14-15H,5-6,9-10,12,21H2,1H3,(H,24,27)(H,28,29)(H,22,23,25)/t15-/m0/s1. The van der Waals surface area contributed by atoms with Crippen molar-refractivity contribution in [2.24, 2.45) is 5.73 Å². The monoisotopic (exact) mass is 414 g/mol. The summed E-state index contributed by atoms with van der Waals surface area (Å²) in [7, 11) is 1.56. The van der Waals surface area contributed by atoms with Gasteiger partial charge in [0, 0.05) is 43.6 Å². The van der Waals surface area contributed by atoms with Crippen LogP contribution in [-0.2, 0) is 4.79 Å². The molecular formula is C20H26N6O4. The first-order valence-corrected chi connectivity index (χ1v) is 9.71. The summed E-state index contributed by atoms with van der Waals surface area (Å²) in [4.78, 5) is 33.7. The minimum Gasteiger partial charge on any atom is -0.495 e. The molecule has 1 aliphatic heterocycles. The summed E-state index contributed by atoms with van der Waals surface area (Å²) in [6.07, 6.45) is 5.25. The maximum absolute atomic E-state index is 12.3. The van der Waals surface area contributed by atoms with Gasteiger partial charge in [-0.2, -0.15) is 0 Å². The van der Waals surface area contributed by atoms with Crippen LogP contribution in [0.2, 0.25) is 0 Å². The number of hydrogen-bond acceptors (Lipinski definition) is 8. The van der Waals surface area contributed by atoms with Crippen molar-refractivity contribution in [3.05, 3.63) is 42.2 Å². The highest BCUT2D eigenvalue weighted by atomic mass is 16.5. The highest BCUT2D eigenvalue weighted by Crippen LogP contribution is 2.31. The van der Waals surface area contributed by atoms with Crippen molar-refractivity contribution >= 4 is 23.5 Å². The predicted octanol–water partition coefficient (Wildman–Crippen LogP) is 0.708. The Morgan fingerprint density at radius 1 is 1.30 bits per heavy atom. The van der Waals surface area contributed by atoms with Crippen LogP contribution in [-0.4, -0.2) is 65.8 Å². The fraction of sp³-hybridized carbons (Fsp3) is 0.400. The highest BCUT2D eigenvalue weighted by molar-refractivity contribution is 5.95. The molecule has 10 nitrogen and oxygen atoms in total. The number of anilines is 2. The van der Waals surface area contributed by atoms with Crippen molar-refractivity contribution < 1.29 is 19.4 Å². The van der Waals surface area contributed by atoms with Gasteiger partial charge in [0.1, 0.15) is 11.8 Å². The number of benzene rings is 1. The van der Waals surface area contributed by atoms with E-state index in [1.54, 1.807) is 37.7 Å². The highest BCUT2D eigenvalue weighted by Gasteiger charge is 2.23. The van der Waals surface area contributed by atoms with E-state index in [0.717, 1.165) is 31.6 Å². The lowest BCUT2D eigenvalue weighted by Crippen LogP contribution is -2.42. The van der Waals surface area contributed by atoms with E-state index in [1.165, 1.54) is 0 Å². The molecule has 30 heavy (non-hydrogen) atoms. The van der Waals surface area contributed by atoms with Gasteiger partial charge in [-0.3, -0.25) is 9.59 Å². The first kappa shape index (κ1) is 21.3. The average Bonchev–Trinajstić information content (AvgIpc) is 2.78. The van der Waals surface area contributed by atoms with Crippen LogP contribution in [0.4, 0.5) is 11.6 Å². The number of aliphatic carboxylic acids is 1. The average molecular weight is 414 g/mol. The lowest BCUT2D eigenvalue weighted by atomic mass is 10.0. The summed E-state index contributed by atoms with van der Waals surface area (Å²) in [6, 6.07) is 6.12. The number of methoxy groups -OCH3 is 1.